The lowest BCUT2D eigenvalue weighted by molar-refractivity contribution is -0.116. The molecule has 1 saturated carbocycles. The number of nitrogens with zero attached hydrogens (tertiary/aromatic N) is 4. The van der Waals surface area contributed by atoms with Crippen molar-refractivity contribution in [3.8, 4) is 5.75 Å². The summed E-state index contributed by atoms with van der Waals surface area (Å²) in [6.45, 7) is 0.625. The predicted octanol–water partition coefficient (Wildman–Crippen LogP) is 3.41. The molecule has 1 aliphatic heterocycles. The van der Waals surface area contributed by atoms with Crippen molar-refractivity contribution in [1.29, 1.82) is 0 Å². The molecule has 0 bridgehead atoms. The number of unbranched alkanes of at least 4 members (excludes halogenated alkanes) is 1. The van der Waals surface area contributed by atoms with E-state index >= 15 is 0 Å². The Bertz CT molecular complexity index is 817. The van der Waals surface area contributed by atoms with Crippen molar-refractivity contribution in [2.24, 2.45) is 0 Å². The van der Waals surface area contributed by atoms with Crippen molar-refractivity contribution < 1.29 is 13.9 Å². The maximum absolute atomic E-state index is 13.3. The monoisotopic (exact) mass is 387 g/mol. The quantitative estimate of drug-likeness (QED) is 0.736. The molecule has 0 atom stereocenters. The van der Waals surface area contributed by atoms with Crippen LogP contribution in [0.3, 0.4) is 0 Å². The molecule has 1 amide bonds. The number of aromatic nitrogens is 4. The maximum Gasteiger partial charge on any atom is 0.224 e. The smallest absolute Gasteiger partial charge is 0.224 e. The number of hydrogen-bond acceptors (Lipinski definition) is 5. The second kappa shape index (κ2) is 8.67. The first-order chi connectivity index (χ1) is 13.7. The van der Waals surface area contributed by atoms with Crippen LogP contribution in [-0.4, -0.2) is 38.9 Å². The van der Waals surface area contributed by atoms with E-state index in [1.807, 2.05) is 22.9 Å². The molecule has 1 fully saturated rings. The van der Waals surface area contributed by atoms with E-state index in [-0.39, 0.29) is 11.9 Å². The lowest BCUT2D eigenvalue weighted by Gasteiger charge is -2.24. The number of ether oxygens (including phenoxy) is 1. The highest BCUT2D eigenvalue weighted by Gasteiger charge is 2.24. The van der Waals surface area contributed by atoms with Gasteiger partial charge in [0.05, 0.1) is 12.6 Å². The number of tetrazole rings is 1. The van der Waals surface area contributed by atoms with Crippen LogP contribution in [0, 0.1) is 0 Å². The van der Waals surface area contributed by atoms with Crippen LogP contribution in [0.2, 0.25) is 0 Å². The summed E-state index contributed by atoms with van der Waals surface area (Å²) < 4.78 is 21.1. The predicted molar refractivity (Wildman–Crippen MR) is 102 cm³/mol. The van der Waals surface area contributed by atoms with Gasteiger partial charge in [-0.2, -0.15) is 0 Å². The topological polar surface area (TPSA) is 81.9 Å². The van der Waals surface area contributed by atoms with E-state index in [1.54, 1.807) is 0 Å². The molecule has 0 radical (unpaired) electrons. The zero-order valence-corrected chi connectivity index (χ0v) is 15.9. The third-order valence-corrected chi connectivity index (χ3v) is 5.57. The lowest BCUT2D eigenvalue weighted by Crippen LogP contribution is -2.21. The first kappa shape index (κ1) is 18.8. The number of alkyl halides is 1. The molecule has 4 rings (SSSR count). The zero-order chi connectivity index (χ0) is 19.3. The van der Waals surface area contributed by atoms with Crippen LogP contribution >= 0.6 is 0 Å². The fraction of sp³-hybridized carbons (Fsp3) is 0.600. The van der Waals surface area contributed by atoms with Crippen molar-refractivity contribution in [3.05, 3.63) is 29.6 Å². The second-order valence-corrected chi connectivity index (χ2v) is 7.62. The van der Waals surface area contributed by atoms with Gasteiger partial charge < -0.3 is 10.1 Å². The van der Waals surface area contributed by atoms with E-state index in [4.69, 9.17) is 4.74 Å². The van der Waals surface area contributed by atoms with Gasteiger partial charge in [0, 0.05) is 18.5 Å². The Morgan fingerprint density at radius 1 is 1.18 bits per heavy atom. The molecular weight excluding hydrogens is 361 g/mol. The summed E-state index contributed by atoms with van der Waals surface area (Å²) in [6, 6.07) is 6.04. The minimum atomic E-state index is -0.673. The molecule has 0 saturated heterocycles. The average molecular weight is 387 g/mol. The van der Waals surface area contributed by atoms with Crippen LogP contribution in [0.4, 0.5) is 10.1 Å². The van der Waals surface area contributed by atoms with Crippen molar-refractivity contribution in [2.75, 3.05) is 11.9 Å². The third kappa shape index (κ3) is 4.48. The standard InChI is InChI=1S/C20H26FN5O2/c21-15-5-7-16(8-6-15)26-19(23-24-25-26)3-1-2-12-28-17-9-10-18-14(13-17)4-11-20(27)22-18/h9-10,13,15-16H,1-8,11-12H2,(H,22,27). The van der Waals surface area contributed by atoms with Crippen LogP contribution in [0.1, 0.15) is 62.4 Å². The molecular formula is C20H26FN5O2. The SMILES string of the molecule is O=C1CCc2cc(OCCCCc3nnnn3C3CCC(F)CC3)ccc2N1. The average Bonchev–Trinajstić information content (AvgIpc) is 3.17. The third-order valence-electron chi connectivity index (χ3n) is 5.57. The maximum atomic E-state index is 13.3. The Balaban J connectivity index is 1.22. The summed E-state index contributed by atoms with van der Waals surface area (Å²) in [6.07, 6.45) is 6.05. The molecule has 2 heterocycles. The number of halogens is 1. The molecule has 0 unspecified atom stereocenters. The Morgan fingerprint density at radius 3 is 2.89 bits per heavy atom. The molecule has 0 spiro atoms. The summed E-state index contributed by atoms with van der Waals surface area (Å²) >= 11 is 0. The highest BCUT2D eigenvalue weighted by Crippen LogP contribution is 2.30. The summed E-state index contributed by atoms with van der Waals surface area (Å²) in [5.41, 5.74) is 2.01. The van der Waals surface area contributed by atoms with Gasteiger partial charge in [-0.05, 0) is 79.1 Å². The molecule has 8 heteroatoms. The molecule has 7 nitrogen and oxygen atoms in total. The minimum absolute atomic E-state index is 0.0706. The number of anilines is 1. The van der Waals surface area contributed by atoms with Gasteiger partial charge in [0.15, 0.2) is 5.82 Å². The van der Waals surface area contributed by atoms with Gasteiger partial charge in [-0.1, -0.05) is 0 Å². The molecule has 150 valence electrons. The Hall–Kier alpha value is -2.51. The van der Waals surface area contributed by atoms with E-state index in [0.29, 0.717) is 25.9 Å². The molecule has 1 aromatic carbocycles. The van der Waals surface area contributed by atoms with E-state index in [1.165, 1.54) is 0 Å². The number of amides is 1. The van der Waals surface area contributed by atoms with Gasteiger partial charge in [0.2, 0.25) is 5.91 Å². The molecule has 1 aromatic heterocycles. The van der Waals surface area contributed by atoms with E-state index in [2.05, 4.69) is 20.8 Å². The van der Waals surface area contributed by atoms with E-state index < -0.39 is 6.17 Å². The number of rotatable bonds is 7. The number of nitrogens with one attached hydrogen (secondary N) is 1. The van der Waals surface area contributed by atoms with Crippen LogP contribution < -0.4 is 10.1 Å². The van der Waals surface area contributed by atoms with Gasteiger partial charge in [-0.15, -0.1) is 5.10 Å². The molecule has 2 aliphatic rings. The molecule has 1 aliphatic carbocycles. The summed E-state index contributed by atoms with van der Waals surface area (Å²) in [7, 11) is 0. The fourth-order valence-electron chi connectivity index (χ4n) is 3.96. The van der Waals surface area contributed by atoms with Crippen LogP contribution in [-0.2, 0) is 17.6 Å². The summed E-state index contributed by atoms with van der Waals surface area (Å²) in [5, 5.41) is 15.0. The van der Waals surface area contributed by atoms with Crippen LogP contribution in [0.25, 0.3) is 0 Å². The van der Waals surface area contributed by atoms with E-state index in [9.17, 15) is 9.18 Å². The van der Waals surface area contributed by atoms with Crippen molar-refractivity contribution >= 4 is 11.6 Å². The first-order valence-corrected chi connectivity index (χ1v) is 10.2. The number of carbonyl (C=O) groups is 1. The number of aryl methyl sites for hydroxylation is 2. The number of hydrogen-bond donors (Lipinski definition) is 1. The Labute approximate surface area is 163 Å². The zero-order valence-electron chi connectivity index (χ0n) is 15.9. The molecule has 2 aromatic rings. The normalized spacial score (nSPS) is 21.8. The first-order valence-electron chi connectivity index (χ1n) is 10.2. The van der Waals surface area contributed by atoms with Crippen LogP contribution in [0.15, 0.2) is 18.2 Å². The van der Waals surface area contributed by atoms with Gasteiger partial charge >= 0.3 is 0 Å². The minimum Gasteiger partial charge on any atom is -0.494 e. The van der Waals surface area contributed by atoms with Gasteiger partial charge in [0.25, 0.3) is 0 Å². The van der Waals surface area contributed by atoms with Gasteiger partial charge in [-0.3, -0.25) is 4.79 Å². The number of carbonyl (C=O) groups excluding carboxylic acids is 1. The Morgan fingerprint density at radius 2 is 2.04 bits per heavy atom. The summed E-state index contributed by atoms with van der Waals surface area (Å²) in [5.74, 6) is 1.79. The number of fused-ring (bicyclic) bond motifs is 1. The highest BCUT2D eigenvalue weighted by atomic mass is 19.1. The van der Waals surface area contributed by atoms with Crippen molar-refractivity contribution in [1.82, 2.24) is 20.2 Å². The second-order valence-electron chi connectivity index (χ2n) is 7.62. The van der Waals surface area contributed by atoms with Gasteiger partial charge in [-0.25, -0.2) is 9.07 Å². The molecule has 1 N–H and O–H groups in total. The number of benzene rings is 1. The fourth-order valence-corrected chi connectivity index (χ4v) is 3.96. The van der Waals surface area contributed by atoms with E-state index in [0.717, 1.165) is 61.3 Å². The molecule has 28 heavy (non-hydrogen) atoms. The van der Waals surface area contributed by atoms with Crippen LogP contribution in [0.5, 0.6) is 5.75 Å². The Kier molecular flexibility index (Phi) is 5.83. The summed E-state index contributed by atoms with van der Waals surface area (Å²) in [4.78, 5) is 11.4. The largest absolute Gasteiger partial charge is 0.494 e. The van der Waals surface area contributed by atoms with Crippen molar-refractivity contribution in [2.45, 2.75) is 70.0 Å². The lowest BCUT2D eigenvalue weighted by atomic mass is 9.94. The highest BCUT2D eigenvalue weighted by molar-refractivity contribution is 5.93. The van der Waals surface area contributed by atoms with Crippen molar-refractivity contribution in [3.63, 3.8) is 0 Å². The van der Waals surface area contributed by atoms with Gasteiger partial charge in [0.1, 0.15) is 11.9 Å².